The smallest absolute Gasteiger partial charge is 0.278 e. The minimum Gasteiger partial charge on any atom is -0.497 e. The van der Waals surface area contributed by atoms with E-state index in [4.69, 9.17) is 4.74 Å². The fraction of sp³-hybridized carbons (Fsp3) is 0.118. The van der Waals surface area contributed by atoms with Crippen molar-refractivity contribution in [3.05, 3.63) is 70.5 Å². The highest BCUT2D eigenvalue weighted by Gasteiger charge is 2.07. The molecule has 0 atom stereocenters. The van der Waals surface area contributed by atoms with Crippen molar-refractivity contribution in [2.75, 3.05) is 7.11 Å². The predicted octanol–water partition coefficient (Wildman–Crippen LogP) is 3.13. The summed E-state index contributed by atoms with van der Waals surface area (Å²) in [6.45, 7) is 0. The van der Waals surface area contributed by atoms with Crippen LogP contribution in [-0.2, 0) is 5.75 Å². The summed E-state index contributed by atoms with van der Waals surface area (Å²) in [7, 11) is 1.64. The van der Waals surface area contributed by atoms with E-state index in [1.165, 1.54) is 11.8 Å². The van der Waals surface area contributed by atoms with E-state index in [1.807, 2.05) is 54.6 Å². The molecule has 0 saturated carbocycles. The third kappa shape index (κ3) is 3.78. The third-order valence-corrected chi connectivity index (χ3v) is 4.17. The number of hydrogen-bond acceptors (Lipinski definition) is 5. The van der Waals surface area contributed by atoms with Crippen molar-refractivity contribution in [1.29, 1.82) is 0 Å². The van der Waals surface area contributed by atoms with Crippen LogP contribution in [0.4, 0.5) is 0 Å². The Morgan fingerprint density at radius 3 is 2.65 bits per heavy atom. The van der Waals surface area contributed by atoms with E-state index in [2.05, 4.69) is 15.2 Å². The van der Waals surface area contributed by atoms with Gasteiger partial charge in [-0.2, -0.15) is 0 Å². The monoisotopic (exact) mass is 325 g/mol. The lowest BCUT2D eigenvalue weighted by Crippen LogP contribution is -2.14. The summed E-state index contributed by atoms with van der Waals surface area (Å²) in [5.74, 6) is 1.48. The zero-order valence-electron chi connectivity index (χ0n) is 12.5. The van der Waals surface area contributed by atoms with Gasteiger partial charge >= 0.3 is 0 Å². The first-order valence-corrected chi connectivity index (χ1v) is 8.03. The third-order valence-electron chi connectivity index (χ3n) is 3.23. The molecule has 0 bridgehead atoms. The molecule has 5 nitrogen and oxygen atoms in total. The molecular formula is C17H15N3O2S. The Labute approximate surface area is 137 Å². The molecule has 0 aliphatic heterocycles. The standard InChI is InChI=1S/C17H15N3O2S/c1-22-14-9-5-6-12(10-14)11-23-17-18-16(21)15(19-20-17)13-7-3-2-4-8-13/h2-10H,11H2,1H3,(H,18,20,21). The van der Waals surface area contributed by atoms with Crippen LogP contribution < -0.4 is 10.3 Å². The molecule has 0 amide bonds. The number of ether oxygens (including phenoxy) is 1. The molecule has 0 aliphatic rings. The molecule has 0 fully saturated rings. The molecule has 0 spiro atoms. The van der Waals surface area contributed by atoms with Crippen LogP contribution in [-0.4, -0.2) is 22.3 Å². The fourth-order valence-corrected chi connectivity index (χ4v) is 2.83. The fourth-order valence-electron chi connectivity index (χ4n) is 2.09. The van der Waals surface area contributed by atoms with Gasteiger partial charge in [-0.1, -0.05) is 54.2 Å². The van der Waals surface area contributed by atoms with E-state index >= 15 is 0 Å². The minimum absolute atomic E-state index is 0.237. The maximum Gasteiger partial charge on any atom is 0.278 e. The van der Waals surface area contributed by atoms with Crippen molar-refractivity contribution in [1.82, 2.24) is 15.2 Å². The van der Waals surface area contributed by atoms with Gasteiger partial charge in [-0.15, -0.1) is 10.2 Å². The van der Waals surface area contributed by atoms with Gasteiger partial charge in [0.25, 0.3) is 5.56 Å². The van der Waals surface area contributed by atoms with E-state index in [-0.39, 0.29) is 5.56 Å². The van der Waals surface area contributed by atoms with Crippen LogP contribution in [0.1, 0.15) is 5.56 Å². The molecule has 6 heteroatoms. The number of benzene rings is 2. The van der Waals surface area contributed by atoms with Crippen LogP contribution in [0.15, 0.2) is 64.5 Å². The van der Waals surface area contributed by atoms with Gasteiger partial charge in [0.2, 0.25) is 0 Å². The summed E-state index contributed by atoms with van der Waals surface area (Å²) in [4.78, 5) is 14.9. The molecule has 0 aliphatic carbocycles. The first kappa shape index (κ1) is 15.3. The molecule has 23 heavy (non-hydrogen) atoms. The van der Waals surface area contributed by atoms with Gasteiger partial charge in [0.15, 0.2) is 10.9 Å². The summed E-state index contributed by atoms with van der Waals surface area (Å²) >= 11 is 1.43. The van der Waals surface area contributed by atoms with Crippen molar-refractivity contribution in [3.8, 4) is 17.0 Å². The Morgan fingerprint density at radius 1 is 1.09 bits per heavy atom. The van der Waals surface area contributed by atoms with Crippen LogP contribution in [0.25, 0.3) is 11.3 Å². The van der Waals surface area contributed by atoms with Crippen LogP contribution >= 0.6 is 11.8 Å². The first-order valence-electron chi connectivity index (χ1n) is 7.04. The van der Waals surface area contributed by atoms with Crippen molar-refractivity contribution in [2.24, 2.45) is 0 Å². The van der Waals surface area contributed by atoms with Gasteiger partial charge in [0.05, 0.1) is 7.11 Å². The summed E-state index contributed by atoms with van der Waals surface area (Å²) in [5.41, 5.74) is 1.94. The largest absolute Gasteiger partial charge is 0.497 e. The van der Waals surface area contributed by atoms with Crippen LogP contribution in [0.3, 0.4) is 0 Å². The maximum absolute atomic E-state index is 12.2. The highest BCUT2D eigenvalue weighted by atomic mass is 32.2. The van der Waals surface area contributed by atoms with Crippen LogP contribution in [0, 0.1) is 0 Å². The Morgan fingerprint density at radius 2 is 1.91 bits per heavy atom. The summed E-state index contributed by atoms with van der Waals surface area (Å²) in [6, 6.07) is 17.1. The van der Waals surface area contributed by atoms with Crippen molar-refractivity contribution in [3.63, 3.8) is 0 Å². The second-order valence-corrected chi connectivity index (χ2v) is 5.78. The molecule has 3 rings (SSSR count). The molecule has 1 heterocycles. The van der Waals surface area contributed by atoms with Crippen molar-refractivity contribution < 1.29 is 4.74 Å². The first-order chi connectivity index (χ1) is 11.3. The lowest BCUT2D eigenvalue weighted by atomic mass is 10.2. The highest BCUT2D eigenvalue weighted by Crippen LogP contribution is 2.21. The number of nitrogens with one attached hydrogen (secondary N) is 1. The number of hydrogen-bond donors (Lipinski definition) is 1. The number of methoxy groups -OCH3 is 1. The molecule has 0 unspecified atom stereocenters. The average Bonchev–Trinajstić information content (AvgIpc) is 2.61. The number of aromatic amines is 1. The summed E-state index contributed by atoms with van der Waals surface area (Å²) in [6.07, 6.45) is 0. The summed E-state index contributed by atoms with van der Waals surface area (Å²) in [5, 5.41) is 8.65. The van der Waals surface area contributed by atoms with Gasteiger partial charge in [-0.25, -0.2) is 0 Å². The van der Waals surface area contributed by atoms with E-state index in [9.17, 15) is 4.79 Å². The average molecular weight is 325 g/mol. The van der Waals surface area contributed by atoms with Gasteiger partial charge < -0.3 is 4.74 Å². The van der Waals surface area contributed by atoms with Gasteiger partial charge in [-0.05, 0) is 17.7 Å². The molecule has 116 valence electrons. The molecule has 1 aromatic heterocycles. The van der Waals surface area contributed by atoms with E-state index in [0.29, 0.717) is 16.6 Å². The van der Waals surface area contributed by atoms with Crippen molar-refractivity contribution >= 4 is 11.8 Å². The molecule has 1 N–H and O–H groups in total. The second kappa shape index (κ2) is 7.11. The normalized spacial score (nSPS) is 10.5. The number of aromatic nitrogens is 3. The zero-order valence-corrected chi connectivity index (χ0v) is 13.3. The maximum atomic E-state index is 12.2. The number of thioether (sulfide) groups is 1. The number of H-pyrrole nitrogens is 1. The van der Waals surface area contributed by atoms with E-state index < -0.39 is 0 Å². The minimum atomic E-state index is -0.237. The highest BCUT2D eigenvalue weighted by molar-refractivity contribution is 7.98. The van der Waals surface area contributed by atoms with Gasteiger partial charge in [0, 0.05) is 11.3 Å². The molecular weight excluding hydrogens is 310 g/mol. The molecule has 2 aromatic carbocycles. The second-order valence-electron chi connectivity index (χ2n) is 4.81. The predicted molar refractivity (Wildman–Crippen MR) is 90.6 cm³/mol. The molecule has 0 saturated heterocycles. The Hall–Kier alpha value is -2.60. The van der Waals surface area contributed by atoms with Crippen LogP contribution in [0.5, 0.6) is 5.75 Å². The quantitative estimate of drug-likeness (QED) is 0.730. The Bertz CT molecular complexity index is 850. The van der Waals surface area contributed by atoms with E-state index in [1.54, 1.807) is 7.11 Å². The van der Waals surface area contributed by atoms with Crippen molar-refractivity contribution in [2.45, 2.75) is 10.9 Å². The lowest BCUT2D eigenvalue weighted by molar-refractivity contribution is 0.414. The van der Waals surface area contributed by atoms with Crippen LogP contribution in [0.2, 0.25) is 0 Å². The molecule has 3 aromatic rings. The van der Waals surface area contributed by atoms with E-state index in [0.717, 1.165) is 16.9 Å². The van der Waals surface area contributed by atoms with Gasteiger partial charge in [-0.3, -0.25) is 9.78 Å². The number of rotatable bonds is 5. The summed E-state index contributed by atoms with van der Waals surface area (Å²) < 4.78 is 5.20. The zero-order chi connectivity index (χ0) is 16.1. The lowest BCUT2D eigenvalue weighted by Gasteiger charge is -2.04. The SMILES string of the molecule is COc1cccc(CSc2nnc(-c3ccccc3)c(=O)[nH]2)c1. The Balaban J connectivity index is 1.74. The Kier molecular flexibility index (Phi) is 4.73. The van der Waals surface area contributed by atoms with Gasteiger partial charge in [0.1, 0.15) is 5.75 Å². The topological polar surface area (TPSA) is 67.9 Å². The number of nitrogens with zero attached hydrogens (tertiary/aromatic N) is 2. The molecule has 0 radical (unpaired) electrons.